The first-order valence-corrected chi connectivity index (χ1v) is 9.04. The normalized spacial score (nSPS) is 10.8. The molecule has 21 heavy (non-hydrogen) atoms. The maximum atomic E-state index is 11.1. The van der Waals surface area contributed by atoms with Crippen LogP contribution in [-0.4, -0.2) is 25.8 Å². The zero-order chi connectivity index (χ0) is 15.6. The fraction of sp³-hybridized carbons (Fsp3) is 0.944. The summed E-state index contributed by atoms with van der Waals surface area (Å²) in [4.78, 5) is 11.1. The number of hydrogen-bond donors (Lipinski definition) is 0. The van der Waals surface area contributed by atoms with Crippen molar-refractivity contribution < 1.29 is 14.3 Å². The van der Waals surface area contributed by atoms with Crippen LogP contribution in [0.3, 0.4) is 0 Å². The van der Waals surface area contributed by atoms with Crippen molar-refractivity contribution in [2.75, 3.05) is 19.8 Å². The minimum atomic E-state index is -0.111. The second-order valence-electron chi connectivity index (χ2n) is 5.76. The molecule has 0 aromatic heterocycles. The molecule has 0 unspecified atom stereocenters. The SMILES string of the molecule is CCCCCCCCCCCCOCCOC(=O)CCC. The number of ether oxygens (including phenoxy) is 2. The van der Waals surface area contributed by atoms with E-state index in [-0.39, 0.29) is 5.97 Å². The lowest BCUT2D eigenvalue weighted by atomic mass is 10.1. The molecule has 0 radical (unpaired) electrons. The van der Waals surface area contributed by atoms with Gasteiger partial charge in [-0.15, -0.1) is 0 Å². The molecule has 0 fully saturated rings. The maximum Gasteiger partial charge on any atom is 0.305 e. The lowest BCUT2D eigenvalue weighted by Gasteiger charge is -2.06. The summed E-state index contributed by atoms with van der Waals surface area (Å²) in [5, 5.41) is 0. The van der Waals surface area contributed by atoms with Gasteiger partial charge in [0.15, 0.2) is 0 Å². The predicted octanol–water partition coefficient (Wildman–Crippen LogP) is 5.27. The Morgan fingerprint density at radius 1 is 0.667 bits per heavy atom. The van der Waals surface area contributed by atoms with E-state index in [2.05, 4.69) is 6.92 Å². The number of unbranched alkanes of at least 4 members (excludes halogenated alkanes) is 9. The van der Waals surface area contributed by atoms with E-state index in [1.54, 1.807) is 0 Å². The van der Waals surface area contributed by atoms with Gasteiger partial charge in [0.05, 0.1) is 6.61 Å². The molecule has 0 saturated carbocycles. The largest absolute Gasteiger partial charge is 0.463 e. The van der Waals surface area contributed by atoms with Gasteiger partial charge in [0.25, 0.3) is 0 Å². The first kappa shape index (κ1) is 20.4. The first-order valence-electron chi connectivity index (χ1n) is 9.04. The van der Waals surface area contributed by atoms with Gasteiger partial charge < -0.3 is 9.47 Å². The summed E-state index contributed by atoms with van der Waals surface area (Å²) in [6.45, 7) is 5.96. The van der Waals surface area contributed by atoms with Gasteiger partial charge in [0.2, 0.25) is 0 Å². The lowest BCUT2D eigenvalue weighted by molar-refractivity contribution is -0.145. The molecule has 0 N–H and O–H groups in total. The van der Waals surface area contributed by atoms with E-state index in [4.69, 9.17) is 9.47 Å². The molecule has 3 heteroatoms. The van der Waals surface area contributed by atoms with Gasteiger partial charge >= 0.3 is 5.97 Å². The number of hydrogen-bond acceptors (Lipinski definition) is 3. The van der Waals surface area contributed by atoms with E-state index in [9.17, 15) is 4.79 Å². The number of esters is 1. The second kappa shape index (κ2) is 17.5. The Labute approximate surface area is 131 Å². The molecule has 0 aliphatic rings. The highest BCUT2D eigenvalue weighted by Gasteiger charge is 1.99. The summed E-state index contributed by atoms with van der Waals surface area (Å²) in [5.41, 5.74) is 0. The van der Waals surface area contributed by atoms with Crippen molar-refractivity contribution in [2.45, 2.75) is 90.9 Å². The topological polar surface area (TPSA) is 35.5 Å². The molecule has 0 aliphatic carbocycles. The van der Waals surface area contributed by atoms with E-state index in [1.165, 1.54) is 57.8 Å². The smallest absolute Gasteiger partial charge is 0.305 e. The summed E-state index contributed by atoms with van der Waals surface area (Å²) in [5.74, 6) is -0.111. The quantitative estimate of drug-likeness (QED) is 0.288. The van der Waals surface area contributed by atoms with E-state index in [0.29, 0.717) is 19.6 Å². The van der Waals surface area contributed by atoms with Crippen molar-refractivity contribution in [3.8, 4) is 0 Å². The summed E-state index contributed by atoms with van der Waals surface area (Å²) < 4.78 is 10.5. The zero-order valence-electron chi connectivity index (χ0n) is 14.3. The first-order chi connectivity index (χ1) is 10.3. The van der Waals surface area contributed by atoms with E-state index < -0.39 is 0 Å². The highest BCUT2D eigenvalue weighted by Crippen LogP contribution is 2.10. The molecular weight excluding hydrogens is 264 g/mol. The van der Waals surface area contributed by atoms with E-state index in [0.717, 1.165) is 19.4 Å². The molecule has 3 nitrogen and oxygen atoms in total. The second-order valence-corrected chi connectivity index (χ2v) is 5.76. The van der Waals surface area contributed by atoms with Crippen molar-refractivity contribution >= 4 is 5.97 Å². The van der Waals surface area contributed by atoms with Crippen LogP contribution in [0, 0.1) is 0 Å². The minimum Gasteiger partial charge on any atom is -0.463 e. The average molecular weight is 300 g/mol. The van der Waals surface area contributed by atoms with Gasteiger partial charge in [-0.3, -0.25) is 4.79 Å². The van der Waals surface area contributed by atoms with Gasteiger partial charge in [-0.1, -0.05) is 71.6 Å². The Bertz CT molecular complexity index is 217. The van der Waals surface area contributed by atoms with Crippen LogP contribution in [0.15, 0.2) is 0 Å². The number of carbonyl (C=O) groups is 1. The minimum absolute atomic E-state index is 0.111. The van der Waals surface area contributed by atoms with Crippen molar-refractivity contribution in [3.05, 3.63) is 0 Å². The number of rotatable bonds is 16. The molecule has 0 bridgehead atoms. The third-order valence-electron chi connectivity index (χ3n) is 3.59. The van der Waals surface area contributed by atoms with Crippen molar-refractivity contribution in [1.82, 2.24) is 0 Å². The Hall–Kier alpha value is -0.570. The zero-order valence-corrected chi connectivity index (χ0v) is 14.3. The monoisotopic (exact) mass is 300 g/mol. The van der Waals surface area contributed by atoms with Gasteiger partial charge in [-0.25, -0.2) is 0 Å². The van der Waals surface area contributed by atoms with E-state index in [1.807, 2.05) is 6.92 Å². The van der Waals surface area contributed by atoms with Gasteiger partial charge in [0.1, 0.15) is 6.61 Å². The Morgan fingerprint density at radius 3 is 1.81 bits per heavy atom. The van der Waals surface area contributed by atoms with Crippen LogP contribution in [0.2, 0.25) is 0 Å². The third-order valence-corrected chi connectivity index (χ3v) is 3.59. The van der Waals surface area contributed by atoms with Crippen LogP contribution in [0.5, 0.6) is 0 Å². The summed E-state index contributed by atoms with van der Waals surface area (Å²) >= 11 is 0. The van der Waals surface area contributed by atoms with Crippen LogP contribution in [0.25, 0.3) is 0 Å². The molecule has 0 aliphatic heterocycles. The molecule has 0 saturated heterocycles. The molecule has 0 aromatic rings. The molecule has 0 rings (SSSR count). The molecule has 0 spiro atoms. The highest BCUT2D eigenvalue weighted by atomic mass is 16.6. The molecule has 0 atom stereocenters. The van der Waals surface area contributed by atoms with Crippen LogP contribution in [-0.2, 0) is 14.3 Å². The van der Waals surface area contributed by atoms with Crippen LogP contribution in [0.4, 0.5) is 0 Å². The lowest BCUT2D eigenvalue weighted by Crippen LogP contribution is -2.10. The van der Waals surface area contributed by atoms with Gasteiger partial charge in [-0.2, -0.15) is 0 Å². The molecular formula is C18H36O3. The highest BCUT2D eigenvalue weighted by molar-refractivity contribution is 5.69. The van der Waals surface area contributed by atoms with Gasteiger partial charge in [0, 0.05) is 13.0 Å². The number of carbonyl (C=O) groups excluding carboxylic acids is 1. The van der Waals surface area contributed by atoms with Crippen molar-refractivity contribution in [2.24, 2.45) is 0 Å². The van der Waals surface area contributed by atoms with Crippen molar-refractivity contribution in [3.63, 3.8) is 0 Å². The predicted molar refractivity (Wildman–Crippen MR) is 88.5 cm³/mol. The Morgan fingerprint density at radius 2 is 1.24 bits per heavy atom. The molecule has 0 aromatic carbocycles. The Kier molecular flexibility index (Phi) is 17.0. The van der Waals surface area contributed by atoms with Crippen LogP contribution in [0.1, 0.15) is 90.9 Å². The average Bonchev–Trinajstić information content (AvgIpc) is 2.48. The summed E-state index contributed by atoms with van der Waals surface area (Å²) in [7, 11) is 0. The summed E-state index contributed by atoms with van der Waals surface area (Å²) in [6, 6.07) is 0. The Balaban J connectivity index is 3.01. The van der Waals surface area contributed by atoms with Crippen LogP contribution >= 0.6 is 0 Å². The van der Waals surface area contributed by atoms with Gasteiger partial charge in [-0.05, 0) is 12.8 Å². The molecule has 126 valence electrons. The standard InChI is InChI=1S/C18H36O3/c1-3-5-6-7-8-9-10-11-12-13-15-20-16-17-21-18(19)14-4-2/h3-17H2,1-2H3. The summed E-state index contributed by atoms with van der Waals surface area (Å²) in [6.07, 6.45) is 14.8. The molecule has 0 heterocycles. The fourth-order valence-corrected chi connectivity index (χ4v) is 2.28. The van der Waals surface area contributed by atoms with E-state index >= 15 is 0 Å². The van der Waals surface area contributed by atoms with Crippen LogP contribution < -0.4 is 0 Å². The fourth-order valence-electron chi connectivity index (χ4n) is 2.28. The third kappa shape index (κ3) is 17.4. The molecule has 0 amide bonds. The van der Waals surface area contributed by atoms with Crippen molar-refractivity contribution in [1.29, 1.82) is 0 Å². The maximum absolute atomic E-state index is 11.1.